The largest absolute Gasteiger partial charge is 0.507 e. The van der Waals surface area contributed by atoms with Gasteiger partial charge < -0.3 is 19.3 Å². The average molecular weight is 539 g/mol. The summed E-state index contributed by atoms with van der Waals surface area (Å²) in [6, 6.07) is 16.7. The molecule has 0 spiro atoms. The van der Waals surface area contributed by atoms with Gasteiger partial charge in [0.25, 0.3) is 0 Å². The highest BCUT2D eigenvalue weighted by Gasteiger charge is 2.27. The summed E-state index contributed by atoms with van der Waals surface area (Å²) in [7, 11) is 1.70. The molecule has 0 saturated heterocycles. The summed E-state index contributed by atoms with van der Waals surface area (Å²) in [6.07, 6.45) is 0. The van der Waals surface area contributed by atoms with Crippen molar-refractivity contribution in [2.75, 3.05) is 7.11 Å². The van der Waals surface area contributed by atoms with Gasteiger partial charge in [0.05, 0.1) is 7.11 Å². The summed E-state index contributed by atoms with van der Waals surface area (Å²) in [5, 5.41) is 10.1. The summed E-state index contributed by atoms with van der Waals surface area (Å²) in [5.41, 5.74) is 10.3. The van der Waals surface area contributed by atoms with Gasteiger partial charge in [-0.05, 0) is 135 Å². The molecule has 0 saturated carbocycles. The predicted molar refractivity (Wildman–Crippen MR) is 164 cm³/mol. The standard InChI is InChI=1S/C36H42O4/c1-20-16-30(17-21(2)32(20)37)39-34-22(3)12-28(13-23(34)4)36(9,10)29-14-24(5)35(25(6)15-29)40-31-18-26(7)33(38-11)27(8)19-31/h12-19,37H,1-11H3. The highest BCUT2D eigenvalue weighted by Crippen LogP contribution is 2.41. The van der Waals surface area contributed by atoms with Crippen LogP contribution in [0.15, 0.2) is 48.5 Å². The van der Waals surface area contributed by atoms with Crippen LogP contribution in [0.3, 0.4) is 0 Å². The molecule has 4 nitrogen and oxygen atoms in total. The number of aryl methyl sites for hydroxylation is 8. The van der Waals surface area contributed by atoms with E-state index in [0.29, 0.717) is 5.75 Å². The minimum atomic E-state index is -0.235. The Bertz CT molecular complexity index is 1500. The van der Waals surface area contributed by atoms with Gasteiger partial charge in [-0.3, -0.25) is 0 Å². The van der Waals surface area contributed by atoms with E-state index in [0.717, 1.165) is 73.3 Å². The SMILES string of the molecule is COc1c(C)cc(Oc2c(C)cc(C(C)(C)c3cc(C)c(Oc4cc(C)c(O)c(C)c4)c(C)c3)cc2C)cc1C. The van der Waals surface area contributed by atoms with Crippen LogP contribution in [0.4, 0.5) is 0 Å². The molecular weight excluding hydrogens is 496 g/mol. The normalized spacial score (nSPS) is 11.5. The molecule has 0 aliphatic carbocycles. The van der Waals surface area contributed by atoms with Gasteiger partial charge in [-0.25, -0.2) is 0 Å². The number of benzene rings is 4. The van der Waals surface area contributed by atoms with Crippen molar-refractivity contribution in [1.29, 1.82) is 0 Å². The molecule has 4 heteroatoms. The maximum atomic E-state index is 10.1. The number of hydrogen-bond donors (Lipinski definition) is 1. The lowest BCUT2D eigenvalue weighted by molar-refractivity contribution is 0.406. The number of hydrogen-bond acceptors (Lipinski definition) is 4. The fourth-order valence-corrected chi connectivity index (χ4v) is 5.61. The zero-order valence-electron chi connectivity index (χ0n) is 25.8. The van der Waals surface area contributed by atoms with Crippen LogP contribution in [0.1, 0.15) is 69.5 Å². The molecule has 4 rings (SSSR count). The van der Waals surface area contributed by atoms with Crippen LogP contribution in [0, 0.1) is 55.4 Å². The van der Waals surface area contributed by atoms with E-state index in [4.69, 9.17) is 14.2 Å². The summed E-state index contributed by atoms with van der Waals surface area (Å²) in [4.78, 5) is 0. The Labute approximate surface area is 239 Å². The summed E-state index contributed by atoms with van der Waals surface area (Å²) >= 11 is 0. The zero-order valence-corrected chi connectivity index (χ0v) is 25.8. The van der Waals surface area contributed by atoms with Crippen molar-refractivity contribution in [3.63, 3.8) is 0 Å². The van der Waals surface area contributed by atoms with Crippen LogP contribution in [0.25, 0.3) is 0 Å². The van der Waals surface area contributed by atoms with E-state index in [1.807, 2.05) is 52.0 Å². The lowest BCUT2D eigenvalue weighted by atomic mass is 9.76. The molecule has 0 heterocycles. The van der Waals surface area contributed by atoms with Gasteiger partial charge in [0, 0.05) is 5.41 Å². The van der Waals surface area contributed by atoms with E-state index in [-0.39, 0.29) is 5.41 Å². The molecule has 40 heavy (non-hydrogen) atoms. The fraction of sp³-hybridized carbons (Fsp3) is 0.333. The first-order valence-corrected chi connectivity index (χ1v) is 13.8. The molecule has 4 aromatic carbocycles. The van der Waals surface area contributed by atoms with E-state index >= 15 is 0 Å². The smallest absolute Gasteiger partial charge is 0.133 e. The Morgan fingerprint density at radius 1 is 0.475 bits per heavy atom. The topological polar surface area (TPSA) is 47.9 Å². The molecule has 0 aliphatic heterocycles. The van der Waals surface area contributed by atoms with Crippen molar-refractivity contribution < 1.29 is 19.3 Å². The molecule has 0 unspecified atom stereocenters. The molecule has 0 amide bonds. The molecule has 4 aromatic rings. The highest BCUT2D eigenvalue weighted by atomic mass is 16.5. The van der Waals surface area contributed by atoms with Gasteiger partial charge in [-0.2, -0.15) is 0 Å². The molecule has 0 aromatic heterocycles. The molecular formula is C36H42O4. The van der Waals surface area contributed by atoms with Gasteiger partial charge in [0.15, 0.2) is 0 Å². The molecule has 0 fully saturated rings. The van der Waals surface area contributed by atoms with Crippen LogP contribution in [-0.4, -0.2) is 12.2 Å². The van der Waals surface area contributed by atoms with Gasteiger partial charge >= 0.3 is 0 Å². The highest BCUT2D eigenvalue weighted by molar-refractivity contribution is 5.55. The van der Waals surface area contributed by atoms with Crippen LogP contribution in [-0.2, 0) is 5.41 Å². The Balaban J connectivity index is 1.65. The first-order valence-electron chi connectivity index (χ1n) is 13.8. The Morgan fingerprint density at radius 2 is 0.775 bits per heavy atom. The average Bonchev–Trinajstić information content (AvgIpc) is 2.86. The molecule has 1 N–H and O–H groups in total. The lowest BCUT2D eigenvalue weighted by Crippen LogP contribution is -2.20. The number of phenols is 1. The Morgan fingerprint density at radius 3 is 1.10 bits per heavy atom. The summed E-state index contributed by atoms with van der Waals surface area (Å²) in [6.45, 7) is 20.8. The van der Waals surface area contributed by atoms with Crippen LogP contribution in [0.2, 0.25) is 0 Å². The number of aromatic hydroxyl groups is 1. The van der Waals surface area contributed by atoms with Gasteiger partial charge in [-0.15, -0.1) is 0 Å². The number of rotatable bonds is 7. The second kappa shape index (κ2) is 10.9. The van der Waals surface area contributed by atoms with Crippen molar-refractivity contribution in [3.05, 3.63) is 104 Å². The Hall–Kier alpha value is -3.92. The third kappa shape index (κ3) is 5.54. The van der Waals surface area contributed by atoms with E-state index < -0.39 is 0 Å². The Kier molecular flexibility index (Phi) is 7.94. The number of methoxy groups -OCH3 is 1. The molecule has 0 aliphatic rings. The molecule has 0 bridgehead atoms. The third-order valence-electron chi connectivity index (χ3n) is 7.91. The second-order valence-electron chi connectivity index (χ2n) is 11.7. The van der Waals surface area contributed by atoms with Crippen LogP contribution < -0.4 is 14.2 Å². The van der Waals surface area contributed by atoms with Gasteiger partial charge in [0.1, 0.15) is 34.5 Å². The number of ether oxygens (including phenoxy) is 3. The summed E-state index contributed by atoms with van der Waals surface area (Å²) < 4.78 is 18.3. The monoisotopic (exact) mass is 538 g/mol. The molecule has 0 atom stereocenters. The zero-order chi connectivity index (χ0) is 29.5. The van der Waals surface area contributed by atoms with E-state index in [1.165, 1.54) is 11.1 Å². The van der Waals surface area contributed by atoms with E-state index in [1.54, 1.807) is 7.11 Å². The van der Waals surface area contributed by atoms with Crippen molar-refractivity contribution in [2.24, 2.45) is 0 Å². The fourth-order valence-electron chi connectivity index (χ4n) is 5.61. The summed E-state index contributed by atoms with van der Waals surface area (Å²) in [5.74, 6) is 4.50. The molecule has 0 radical (unpaired) electrons. The van der Waals surface area contributed by atoms with Crippen molar-refractivity contribution >= 4 is 0 Å². The van der Waals surface area contributed by atoms with E-state index in [2.05, 4.69) is 65.8 Å². The van der Waals surface area contributed by atoms with E-state index in [9.17, 15) is 5.11 Å². The lowest BCUT2D eigenvalue weighted by Gasteiger charge is -2.29. The van der Waals surface area contributed by atoms with Crippen molar-refractivity contribution in [2.45, 2.75) is 74.7 Å². The van der Waals surface area contributed by atoms with Crippen LogP contribution >= 0.6 is 0 Å². The van der Waals surface area contributed by atoms with Crippen LogP contribution in [0.5, 0.6) is 34.5 Å². The quantitative estimate of drug-likeness (QED) is 0.254. The first-order chi connectivity index (χ1) is 18.7. The van der Waals surface area contributed by atoms with Crippen molar-refractivity contribution in [3.8, 4) is 34.5 Å². The minimum Gasteiger partial charge on any atom is -0.507 e. The van der Waals surface area contributed by atoms with Gasteiger partial charge in [0.2, 0.25) is 0 Å². The first kappa shape index (κ1) is 29.1. The predicted octanol–water partition coefficient (Wildman–Crippen LogP) is 9.78. The third-order valence-corrected chi connectivity index (χ3v) is 7.91. The van der Waals surface area contributed by atoms with Gasteiger partial charge in [-0.1, -0.05) is 38.1 Å². The van der Waals surface area contributed by atoms with Crippen molar-refractivity contribution in [1.82, 2.24) is 0 Å². The second-order valence-corrected chi connectivity index (χ2v) is 11.7. The molecule has 210 valence electrons. The maximum Gasteiger partial charge on any atom is 0.133 e. The number of phenolic OH excluding ortho intramolecular Hbond substituents is 1. The minimum absolute atomic E-state index is 0.235. The maximum absolute atomic E-state index is 10.1.